The second kappa shape index (κ2) is 8.61. The molecule has 2 unspecified atom stereocenters. The van der Waals surface area contributed by atoms with Gasteiger partial charge in [-0.05, 0) is 6.92 Å². The van der Waals surface area contributed by atoms with Crippen molar-refractivity contribution in [2.75, 3.05) is 13.7 Å². The fourth-order valence-electron chi connectivity index (χ4n) is 0.977. The summed E-state index contributed by atoms with van der Waals surface area (Å²) in [4.78, 5) is 44.2. The Morgan fingerprint density at radius 3 is 2.29 bits per heavy atom. The van der Waals surface area contributed by atoms with Crippen LogP contribution in [0.5, 0.6) is 0 Å². The van der Waals surface area contributed by atoms with Gasteiger partial charge in [-0.15, -0.1) is 0 Å². The summed E-state index contributed by atoms with van der Waals surface area (Å²) in [6, 6.07) is 0. The molecule has 2 atom stereocenters. The van der Waals surface area contributed by atoms with Gasteiger partial charge >= 0.3 is 24.1 Å². The number of hydrogen-bond acceptors (Lipinski definition) is 10. The lowest BCUT2D eigenvalue weighted by molar-refractivity contribution is -0.231. The monoisotopic (exact) mass is 308 g/mol. The third-order valence-corrected chi connectivity index (χ3v) is 1.89. The van der Waals surface area contributed by atoms with Gasteiger partial charge in [0.25, 0.3) is 6.47 Å². The van der Waals surface area contributed by atoms with Gasteiger partial charge < -0.3 is 28.4 Å². The molecule has 10 nitrogen and oxygen atoms in total. The highest BCUT2D eigenvalue weighted by molar-refractivity contribution is 5.81. The predicted octanol–water partition coefficient (Wildman–Crippen LogP) is 0.721. The van der Waals surface area contributed by atoms with E-state index in [1.54, 1.807) is 0 Å². The number of methoxy groups -OCH3 is 1. The Bertz CT molecular complexity index is 392. The average molecular weight is 308 g/mol. The first kappa shape index (κ1) is 18.5. The van der Waals surface area contributed by atoms with E-state index in [9.17, 15) is 19.2 Å². The maximum atomic E-state index is 11.8. The summed E-state index contributed by atoms with van der Waals surface area (Å²) in [6.07, 6.45) is -3.72. The van der Waals surface area contributed by atoms with Crippen molar-refractivity contribution in [3.05, 3.63) is 0 Å². The van der Waals surface area contributed by atoms with E-state index in [-0.39, 0.29) is 13.1 Å². The number of rotatable bonds is 7. The molecule has 0 aliphatic rings. The zero-order valence-electron chi connectivity index (χ0n) is 11.9. The molecule has 0 aromatic carbocycles. The lowest BCUT2D eigenvalue weighted by atomic mass is 10.3. The van der Waals surface area contributed by atoms with E-state index in [0.29, 0.717) is 0 Å². The van der Waals surface area contributed by atoms with Crippen molar-refractivity contribution in [2.24, 2.45) is 0 Å². The summed E-state index contributed by atoms with van der Waals surface area (Å²) in [5.74, 6) is -3.68. The lowest BCUT2D eigenvalue weighted by Crippen LogP contribution is -2.45. The van der Waals surface area contributed by atoms with E-state index < -0.39 is 30.4 Å². The van der Waals surface area contributed by atoms with Crippen LogP contribution in [-0.4, -0.2) is 50.5 Å². The molecule has 0 fully saturated rings. The van der Waals surface area contributed by atoms with Gasteiger partial charge in [-0.1, -0.05) is 0 Å². The van der Waals surface area contributed by atoms with Crippen molar-refractivity contribution < 1.29 is 47.6 Å². The molecule has 0 aromatic rings. The van der Waals surface area contributed by atoms with Crippen molar-refractivity contribution in [2.45, 2.75) is 32.8 Å². The first-order valence-corrected chi connectivity index (χ1v) is 5.72. The fourth-order valence-corrected chi connectivity index (χ4v) is 0.977. The van der Waals surface area contributed by atoms with E-state index in [1.165, 1.54) is 13.8 Å². The largest absolute Gasteiger partial charge is 0.512 e. The highest BCUT2D eigenvalue weighted by atomic mass is 16.8. The molecular formula is C11H16O10. The zero-order chi connectivity index (χ0) is 16.5. The maximum absolute atomic E-state index is 11.8. The van der Waals surface area contributed by atoms with Crippen molar-refractivity contribution >= 4 is 24.8 Å². The second-order valence-electron chi connectivity index (χ2n) is 3.49. The number of hydrogen-bond donors (Lipinski definition) is 0. The Morgan fingerprint density at radius 2 is 1.81 bits per heavy atom. The molecule has 0 saturated carbocycles. The van der Waals surface area contributed by atoms with Crippen molar-refractivity contribution in [3.63, 3.8) is 0 Å². The Morgan fingerprint density at radius 1 is 1.19 bits per heavy atom. The van der Waals surface area contributed by atoms with Crippen LogP contribution in [0.3, 0.4) is 0 Å². The van der Waals surface area contributed by atoms with E-state index >= 15 is 0 Å². The third kappa shape index (κ3) is 6.45. The van der Waals surface area contributed by atoms with E-state index in [2.05, 4.69) is 28.4 Å². The molecule has 0 saturated heterocycles. The smallest absolute Gasteiger partial charge is 0.438 e. The van der Waals surface area contributed by atoms with Crippen LogP contribution in [-0.2, 0) is 38.0 Å². The summed E-state index contributed by atoms with van der Waals surface area (Å²) in [5, 5.41) is 0. The molecule has 10 heteroatoms. The van der Waals surface area contributed by atoms with Gasteiger partial charge in [0.1, 0.15) is 0 Å². The van der Waals surface area contributed by atoms with Gasteiger partial charge in [-0.3, -0.25) is 4.79 Å². The minimum absolute atomic E-state index is 0.0209. The van der Waals surface area contributed by atoms with Gasteiger partial charge in [-0.25, -0.2) is 14.4 Å². The Labute approximate surface area is 120 Å². The molecule has 0 spiro atoms. The highest BCUT2D eigenvalue weighted by Crippen LogP contribution is 2.16. The fraction of sp³-hybridized carbons (Fsp3) is 0.636. The predicted molar refractivity (Wildman–Crippen MR) is 62.7 cm³/mol. The Hall–Kier alpha value is -2.52. The molecule has 0 rings (SSSR count). The van der Waals surface area contributed by atoms with Gasteiger partial charge in [0.2, 0.25) is 6.29 Å². The molecule has 0 N–H and O–H groups in total. The molecule has 120 valence electrons. The quantitative estimate of drug-likeness (QED) is 0.287. The number of carbonyl (C=O) groups excluding carboxylic acids is 4. The molecule has 0 aliphatic carbocycles. The Kier molecular flexibility index (Phi) is 7.58. The van der Waals surface area contributed by atoms with Crippen molar-refractivity contribution in [1.82, 2.24) is 0 Å². The zero-order valence-corrected chi connectivity index (χ0v) is 11.9. The number of ether oxygens (including phenoxy) is 6. The minimum atomic E-state index is -2.39. The summed E-state index contributed by atoms with van der Waals surface area (Å²) < 4.78 is 26.7. The first-order chi connectivity index (χ1) is 9.78. The minimum Gasteiger partial charge on any atom is -0.438 e. The van der Waals surface area contributed by atoms with Gasteiger partial charge in [0.05, 0.1) is 13.7 Å². The van der Waals surface area contributed by atoms with E-state index in [0.717, 1.165) is 14.0 Å². The molecule has 0 amide bonds. The SMILES string of the molecule is CCOC(=O)OC(C)(OC=O)C(=O)OC(C)OC(=O)OC. The average Bonchev–Trinajstić information content (AvgIpc) is 2.38. The molecule has 21 heavy (non-hydrogen) atoms. The molecule has 0 aliphatic heterocycles. The summed E-state index contributed by atoms with van der Waals surface area (Å²) in [6.45, 7) is 3.51. The normalized spacial score (nSPS) is 13.9. The second-order valence-corrected chi connectivity index (χ2v) is 3.49. The summed E-state index contributed by atoms with van der Waals surface area (Å²) >= 11 is 0. The highest BCUT2D eigenvalue weighted by Gasteiger charge is 2.43. The van der Waals surface area contributed by atoms with Gasteiger partial charge in [0.15, 0.2) is 0 Å². The lowest BCUT2D eigenvalue weighted by Gasteiger charge is -2.25. The maximum Gasteiger partial charge on any atom is 0.512 e. The van der Waals surface area contributed by atoms with E-state index in [4.69, 9.17) is 0 Å². The van der Waals surface area contributed by atoms with Crippen LogP contribution in [0.1, 0.15) is 20.8 Å². The molecule has 0 aromatic heterocycles. The van der Waals surface area contributed by atoms with Crippen LogP contribution < -0.4 is 0 Å². The van der Waals surface area contributed by atoms with E-state index in [1.807, 2.05) is 0 Å². The molecule has 0 heterocycles. The Balaban J connectivity index is 4.77. The van der Waals surface area contributed by atoms with Gasteiger partial charge in [-0.2, -0.15) is 0 Å². The van der Waals surface area contributed by atoms with Crippen molar-refractivity contribution in [3.8, 4) is 0 Å². The van der Waals surface area contributed by atoms with Gasteiger partial charge in [0, 0.05) is 13.8 Å². The first-order valence-electron chi connectivity index (χ1n) is 5.72. The number of carbonyl (C=O) groups is 4. The van der Waals surface area contributed by atoms with Crippen LogP contribution in [0.25, 0.3) is 0 Å². The number of esters is 1. The van der Waals surface area contributed by atoms with Crippen LogP contribution in [0.2, 0.25) is 0 Å². The topological polar surface area (TPSA) is 124 Å². The third-order valence-electron chi connectivity index (χ3n) is 1.89. The molecular weight excluding hydrogens is 292 g/mol. The van der Waals surface area contributed by atoms with Crippen LogP contribution >= 0.6 is 0 Å². The summed E-state index contributed by atoms with van der Waals surface area (Å²) in [5.41, 5.74) is 0. The van der Waals surface area contributed by atoms with Crippen LogP contribution in [0, 0.1) is 0 Å². The van der Waals surface area contributed by atoms with Crippen molar-refractivity contribution in [1.29, 1.82) is 0 Å². The molecule has 0 radical (unpaired) electrons. The van der Waals surface area contributed by atoms with Crippen LogP contribution in [0.15, 0.2) is 0 Å². The molecule has 0 bridgehead atoms. The summed E-state index contributed by atoms with van der Waals surface area (Å²) in [7, 11) is 1.06. The van der Waals surface area contributed by atoms with Crippen LogP contribution in [0.4, 0.5) is 9.59 Å². The standard InChI is InChI=1S/C11H16O10/c1-5-17-10(15)21-11(3,18-6-12)8(13)19-7(2)20-9(14)16-4/h6-7H,5H2,1-4H3.